The van der Waals surface area contributed by atoms with Crippen LogP contribution in [0, 0.1) is 0 Å². The van der Waals surface area contributed by atoms with E-state index in [0.717, 1.165) is 42.3 Å². The van der Waals surface area contributed by atoms with Crippen molar-refractivity contribution in [1.82, 2.24) is 19.8 Å². The largest absolute Gasteiger partial charge is 0.493 e. The molecule has 8 nitrogen and oxygen atoms in total. The second-order valence-electron chi connectivity index (χ2n) is 9.28. The van der Waals surface area contributed by atoms with Crippen LogP contribution in [0.1, 0.15) is 48.8 Å². The molecule has 0 saturated heterocycles. The second-order valence-corrected chi connectivity index (χ2v) is 9.28. The van der Waals surface area contributed by atoms with Crippen molar-refractivity contribution in [3.8, 4) is 11.5 Å². The van der Waals surface area contributed by atoms with Crippen molar-refractivity contribution >= 4 is 22.8 Å². The Kier molecular flexibility index (Phi) is 5.67. The Labute approximate surface area is 198 Å². The second kappa shape index (κ2) is 8.66. The average molecular weight is 463 g/mol. The molecule has 0 spiro atoms. The van der Waals surface area contributed by atoms with Gasteiger partial charge in [0.2, 0.25) is 5.91 Å². The molecule has 8 heteroatoms. The number of aromatic nitrogens is 2. The lowest BCUT2D eigenvalue weighted by molar-refractivity contribution is -0.133. The Hall–Kier alpha value is -3.55. The van der Waals surface area contributed by atoms with Gasteiger partial charge in [-0.3, -0.25) is 9.59 Å². The van der Waals surface area contributed by atoms with Crippen molar-refractivity contribution in [1.29, 1.82) is 0 Å². The van der Waals surface area contributed by atoms with Gasteiger partial charge in [0.15, 0.2) is 17.3 Å². The Morgan fingerprint density at radius 2 is 1.88 bits per heavy atom. The number of carbonyl (C=O) groups excluding carboxylic acids is 2. The van der Waals surface area contributed by atoms with E-state index in [4.69, 9.17) is 9.47 Å². The van der Waals surface area contributed by atoms with Gasteiger partial charge in [0, 0.05) is 11.6 Å². The van der Waals surface area contributed by atoms with E-state index < -0.39 is 5.54 Å². The number of amides is 2. The van der Waals surface area contributed by atoms with Gasteiger partial charge < -0.3 is 24.3 Å². The monoisotopic (exact) mass is 462 g/mol. The molecule has 2 heterocycles. The van der Waals surface area contributed by atoms with Crippen LogP contribution in [0.2, 0.25) is 0 Å². The van der Waals surface area contributed by atoms with Crippen molar-refractivity contribution < 1.29 is 19.1 Å². The summed E-state index contributed by atoms with van der Waals surface area (Å²) in [4.78, 5) is 33.9. The average Bonchev–Trinajstić information content (AvgIpc) is 3.49. The summed E-state index contributed by atoms with van der Waals surface area (Å²) in [5.74, 6) is 1.05. The molecule has 0 radical (unpaired) electrons. The van der Waals surface area contributed by atoms with Gasteiger partial charge in [-0.2, -0.15) is 0 Å². The zero-order chi connectivity index (χ0) is 23.9. The fourth-order valence-electron chi connectivity index (χ4n) is 5.24. The van der Waals surface area contributed by atoms with Crippen molar-refractivity contribution in [3.05, 3.63) is 53.9 Å². The zero-order valence-electron chi connectivity index (χ0n) is 19.8. The Bertz CT molecular complexity index is 1250. The Balaban J connectivity index is 1.59. The van der Waals surface area contributed by atoms with E-state index >= 15 is 0 Å². The van der Waals surface area contributed by atoms with Crippen LogP contribution in [0.3, 0.4) is 0 Å². The van der Waals surface area contributed by atoms with E-state index in [2.05, 4.69) is 10.3 Å². The summed E-state index contributed by atoms with van der Waals surface area (Å²) in [6.45, 7) is 2.36. The molecule has 0 bridgehead atoms. The lowest BCUT2D eigenvalue weighted by Crippen LogP contribution is -2.64. The topological polar surface area (TPSA) is 85.7 Å². The molecule has 1 aromatic heterocycles. The molecular formula is C26H30N4O4. The first-order valence-corrected chi connectivity index (χ1v) is 11.7. The van der Waals surface area contributed by atoms with Crippen LogP contribution in [-0.4, -0.2) is 52.1 Å². The van der Waals surface area contributed by atoms with E-state index in [1.807, 2.05) is 54.0 Å². The van der Waals surface area contributed by atoms with E-state index in [9.17, 15) is 9.59 Å². The highest BCUT2D eigenvalue weighted by Gasteiger charge is 2.49. The molecule has 1 unspecified atom stereocenters. The molecule has 2 aromatic carbocycles. The molecule has 1 saturated carbocycles. The van der Waals surface area contributed by atoms with Gasteiger partial charge in [-0.05, 0) is 38.0 Å². The third-order valence-corrected chi connectivity index (χ3v) is 7.15. The van der Waals surface area contributed by atoms with E-state index in [0.29, 0.717) is 23.9 Å². The lowest BCUT2D eigenvalue weighted by atomic mass is 9.93. The molecule has 1 atom stereocenters. The maximum atomic E-state index is 13.9. The number of ether oxygens (including phenoxy) is 2. The lowest BCUT2D eigenvalue weighted by Gasteiger charge is -2.44. The summed E-state index contributed by atoms with van der Waals surface area (Å²) in [6.07, 6.45) is 4.17. The van der Waals surface area contributed by atoms with Crippen molar-refractivity contribution in [2.45, 2.75) is 57.3 Å². The highest BCUT2D eigenvalue weighted by Crippen LogP contribution is 2.36. The quantitative estimate of drug-likeness (QED) is 0.606. The molecule has 3 aromatic rings. The van der Waals surface area contributed by atoms with Crippen LogP contribution in [-0.2, 0) is 17.9 Å². The molecule has 1 aliphatic heterocycles. The van der Waals surface area contributed by atoms with Crippen molar-refractivity contribution in [2.75, 3.05) is 14.2 Å². The number of fused-ring (bicyclic) bond motifs is 3. The zero-order valence-corrected chi connectivity index (χ0v) is 19.8. The first-order valence-electron chi connectivity index (χ1n) is 11.7. The highest BCUT2D eigenvalue weighted by molar-refractivity contribution is 6.01. The SMILES string of the molecule is COc1cccc(CN2C(=O)c3nc4ccccc4n3CC2(C)C(=O)NC2CCCC2)c1OC. The molecule has 178 valence electrons. The van der Waals surface area contributed by atoms with Gasteiger partial charge >= 0.3 is 0 Å². The first-order chi connectivity index (χ1) is 16.5. The van der Waals surface area contributed by atoms with Crippen LogP contribution in [0.5, 0.6) is 11.5 Å². The van der Waals surface area contributed by atoms with Gasteiger partial charge in [0.1, 0.15) is 5.54 Å². The number of nitrogens with one attached hydrogen (secondary N) is 1. The first kappa shape index (κ1) is 22.3. The summed E-state index contributed by atoms with van der Waals surface area (Å²) in [5, 5.41) is 3.23. The highest BCUT2D eigenvalue weighted by atomic mass is 16.5. The van der Waals surface area contributed by atoms with Crippen LogP contribution < -0.4 is 14.8 Å². The fraction of sp³-hybridized carbons (Fsp3) is 0.423. The molecule has 1 fully saturated rings. The summed E-state index contributed by atoms with van der Waals surface area (Å²) in [7, 11) is 3.15. The smallest absolute Gasteiger partial charge is 0.291 e. The summed E-state index contributed by atoms with van der Waals surface area (Å²) >= 11 is 0. The summed E-state index contributed by atoms with van der Waals surface area (Å²) in [6, 6.07) is 13.4. The van der Waals surface area contributed by atoms with E-state index in [1.54, 1.807) is 19.1 Å². The predicted molar refractivity (Wildman–Crippen MR) is 128 cm³/mol. The number of hydrogen-bond acceptors (Lipinski definition) is 5. The van der Waals surface area contributed by atoms with Crippen molar-refractivity contribution in [3.63, 3.8) is 0 Å². The number of imidazole rings is 1. The minimum absolute atomic E-state index is 0.141. The van der Waals surface area contributed by atoms with E-state index in [1.165, 1.54) is 0 Å². The summed E-state index contributed by atoms with van der Waals surface area (Å²) in [5.41, 5.74) is 1.25. The minimum Gasteiger partial charge on any atom is -0.493 e. The van der Waals surface area contributed by atoms with Gasteiger partial charge in [0.25, 0.3) is 5.91 Å². The number of para-hydroxylation sites is 3. The third-order valence-electron chi connectivity index (χ3n) is 7.15. The number of rotatable bonds is 6. The van der Waals surface area contributed by atoms with Gasteiger partial charge in [-0.25, -0.2) is 4.98 Å². The number of methoxy groups -OCH3 is 2. The molecule has 5 rings (SSSR count). The predicted octanol–water partition coefficient (Wildman–Crippen LogP) is 3.53. The molecule has 1 N–H and O–H groups in total. The van der Waals surface area contributed by atoms with Gasteiger partial charge in [-0.15, -0.1) is 0 Å². The molecule has 2 amide bonds. The number of hydrogen-bond donors (Lipinski definition) is 1. The van der Waals surface area contributed by atoms with Crippen molar-refractivity contribution in [2.24, 2.45) is 0 Å². The third kappa shape index (κ3) is 3.57. The molecular weight excluding hydrogens is 432 g/mol. The maximum absolute atomic E-state index is 13.9. The molecule has 1 aliphatic carbocycles. The fourth-order valence-corrected chi connectivity index (χ4v) is 5.24. The van der Waals surface area contributed by atoms with E-state index in [-0.39, 0.29) is 24.4 Å². The molecule has 34 heavy (non-hydrogen) atoms. The Morgan fingerprint density at radius 3 is 2.62 bits per heavy atom. The number of carbonyl (C=O) groups is 2. The molecule has 2 aliphatic rings. The summed E-state index contributed by atoms with van der Waals surface area (Å²) < 4.78 is 12.9. The van der Waals surface area contributed by atoms with Crippen LogP contribution >= 0.6 is 0 Å². The normalized spacial score (nSPS) is 20.4. The standard InChI is InChI=1S/C26H30N4O4/c1-26(25(32)27-18-10-4-5-11-18)16-29-20-13-7-6-12-19(20)28-23(29)24(31)30(26)15-17-9-8-14-21(33-2)22(17)34-3/h6-9,12-14,18H,4-5,10-11,15-16H2,1-3H3,(H,27,32). The number of nitrogens with zero attached hydrogens (tertiary/aromatic N) is 3. The van der Waals surface area contributed by atoms with Crippen LogP contribution in [0.15, 0.2) is 42.5 Å². The maximum Gasteiger partial charge on any atom is 0.291 e. The minimum atomic E-state index is -1.11. The van der Waals surface area contributed by atoms with Gasteiger partial charge in [-0.1, -0.05) is 37.1 Å². The number of benzene rings is 2. The van der Waals surface area contributed by atoms with Crippen LogP contribution in [0.4, 0.5) is 0 Å². The van der Waals surface area contributed by atoms with Gasteiger partial charge in [0.05, 0.1) is 38.3 Å². The Morgan fingerprint density at radius 1 is 1.12 bits per heavy atom. The van der Waals surface area contributed by atoms with Crippen LogP contribution in [0.25, 0.3) is 11.0 Å².